The van der Waals surface area contributed by atoms with Gasteiger partial charge >= 0.3 is 0 Å². The van der Waals surface area contributed by atoms with E-state index in [1.165, 1.54) is 6.42 Å². The van der Waals surface area contributed by atoms with E-state index in [1.807, 2.05) is 6.20 Å². The third-order valence-corrected chi connectivity index (χ3v) is 4.49. The first kappa shape index (κ1) is 12.4. The van der Waals surface area contributed by atoms with Gasteiger partial charge in [-0.05, 0) is 12.8 Å². The minimum Gasteiger partial charge on any atom is -0.360 e. The molecule has 2 aromatic heterocycles. The summed E-state index contributed by atoms with van der Waals surface area (Å²) in [4.78, 5) is 5.45. The highest BCUT2D eigenvalue weighted by atomic mass is 32.1. The number of nitrogens with one attached hydrogen (secondary N) is 1. The Morgan fingerprint density at radius 1 is 1.24 bits per heavy atom. The number of aryl methyl sites for hydroxylation is 1. The molecule has 0 amide bonds. The topological polar surface area (TPSA) is 50.7 Å². The van der Waals surface area contributed by atoms with Crippen molar-refractivity contribution < 1.29 is 0 Å². The Balaban J connectivity index is 2.02. The van der Waals surface area contributed by atoms with Crippen molar-refractivity contribution in [2.45, 2.75) is 33.1 Å². The van der Waals surface area contributed by atoms with Crippen LogP contribution in [-0.4, -0.2) is 21.7 Å². The minimum atomic E-state index is 0.903. The van der Waals surface area contributed by atoms with Gasteiger partial charge in [-0.1, -0.05) is 31.6 Å². The summed E-state index contributed by atoms with van der Waals surface area (Å²) in [7, 11) is 0. The molecule has 1 N–H and O–H groups in total. The zero-order chi connectivity index (χ0) is 12.1. The Bertz CT molecular complexity index is 463. The van der Waals surface area contributed by atoms with Crippen LogP contribution in [0, 0.1) is 0 Å². The fourth-order valence-electron chi connectivity index (χ4n) is 1.34. The summed E-state index contributed by atoms with van der Waals surface area (Å²) < 4.78 is 0. The van der Waals surface area contributed by atoms with Crippen molar-refractivity contribution in [2.75, 3.05) is 11.9 Å². The molecule has 0 unspecified atom stereocenters. The maximum atomic E-state index is 4.33. The molecule has 0 saturated carbocycles. The van der Waals surface area contributed by atoms with Gasteiger partial charge in [-0.15, -0.1) is 21.5 Å². The Morgan fingerprint density at radius 2 is 2.12 bits per heavy atom. The SMILES string of the molecule is CCCCNc1nnc(-c2cnc(CC)s2)s1. The van der Waals surface area contributed by atoms with E-state index in [-0.39, 0.29) is 0 Å². The van der Waals surface area contributed by atoms with E-state index in [1.54, 1.807) is 22.7 Å². The minimum absolute atomic E-state index is 0.903. The lowest BCUT2D eigenvalue weighted by atomic mass is 10.3. The molecule has 0 saturated heterocycles. The van der Waals surface area contributed by atoms with Crippen molar-refractivity contribution >= 4 is 27.8 Å². The molecule has 0 aromatic carbocycles. The van der Waals surface area contributed by atoms with Crippen LogP contribution in [0.5, 0.6) is 0 Å². The second-order valence-corrected chi connectivity index (χ2v) is 5.76. The number of nitrogens with zero attached hydrogens (tertiary/aromatic N) is 3. The van der Waals surface area contributed by atoms with Gasteiger partial charge in [-0.3, -0.25) is 0 Å². The van der Waals surface area contributed by atoms with E-state index in [0.717, 1.165) is 39.4 Å². The van der Waals surface area contributed by atoms with Crippen LogP contribution in [0.15, 0.2) is 6.20 Å². The molecular weight excluding hydrogens is 252 g/mol. The third-order valence-electron chi connectivity index (χ3n) is 2.30. The van der Waals surface area contributed by atoms with Gasteiger partial charge in [0, 0.05) is 12.7 Å². The lowest BCUT2D eigenvalue weighted by Gasteiger charge is -1.97. The van der Waals surface area contributed by atoms with Gasteiger partial charge in [-0.2, -0.15) is 0 Å². The van der Waals surface area contributed by atoms with Crippen LogP contribution in [0.2, 0.25) is 0 Å². The van der Waals surface area contributed by atoms with Crippen molar-refractivity contribution in [3.63, 3.8) is 0 Å². The highest BCUT2D eigenvalue weighted by Gasteiger charge is 2.09. The Morgan fingerprint density at radius 3 is 2.82 bits per heavy atom. The van der Waals surface area contributed by atoms with Gasteiger partial charge in [-0.25, -0.2) is 4.98 Å². The largest absolute Gasteiger partial charge is 0.360 e. The zero-order valence-electron chi connectivity index (χ0n) is 10.1. The summed E-state index contributed by atoms with van der Waals surface area (Å²) in [5.41, 5.74) is 0. The molecule has 92 valence electrons. The Kier molecular flexibility index (Phi) is 4.44. The van der Waals surface area contributed by atoms with Gasteiger partial charge in [0.2, 0.25) is 5.13 Å². The quantitative estimate of drug-likeness (QED) is 0.815. The van der Waals surface area contributed by atoms with E-state index in [4.69, 9.17) is 0 Å². The monoisotopic (exact) mass is 268 g/mol. The molecule has 0 atom stereocenters. The van der Waals surface area contributed by atoms with Gasteiger partial charge in [0.1, 0.15) is 0 Å². The lowest BCUT2D eigenvalue weighted by Crippen LogP contribution is -1.99. The summed E-state index contributed by atoms with van der Waals surface area (Å²) in [6, 6.07) is 0. The maximum absolute atomic E-state index is 4.33. The van der Waals surface area contributed by atoms with Crippen LogP contribution in [0.4, 0.5) is 5.13 Å². The molecule has 2 aromatic rings. The van der Waals surface area contributed by atoms with E-state index < -0.39 is 0 Å². The van der Waals surface area contributed by atoms with Crippen molar-refractivity contribution in [3.05, 3.63) is 11.2 Å². The predicted octanol–water partition coefficient (Wildman–Crippen LogP) is 3.44. The normalized spacial score (nSPS) is 10.7. The smallest absolute Gasteiger partial charge is 0.206 e. The molecule has 2 rings (SSSR count). The van der Waals surface area contributed by atoms with Gasteiger partial charge in [0.05, 0.1) is 9.88 Å². The van der Waals surface area contributed by atoms with Crippen LogP contribution >= 0.6 is 22.7 Å². The molecule has 0 spiro atoms. The molecule has 6 heteroatoms. The molecular formula is C11H16N4S2. The number of hydrogen-bond acceptors (Lipinski definition) is 6. The average molecular weight is 268 g/mol. The first-order chi connectivity index (χ1) is 8.33. The van der Waals surface area contributed by atoms with Crippen molar-refractivity contribution in [3.8, 4) is 9.88 Å². The van der Waals surface area contributed by atoms with E-state index in [9.17, 15) is 0 Å². The van der Waals surface area contributed by atoms with Gasteiger partial charge in [0.25, 0.3) is 0 Å². The summed E-state index contributed by atoms with van der Waals surface area (Å²) >= 11 is 3.29. The fourth-order valence-corrected chi connectivity index (χ4v) is 3.00. The molecule has 17 heavy (non-hydrogen) atoms. The zero-order valence-corrected chi connectivity index (χ0v) is 11.7. The summed E-state index contributed by atoms with van der Waals surface area (Å²) in [6.45, 7) is 5.26. The number of unbranched alkanes of at least 4 members (excludes halogenated alkanes) is 1. The molecule has 0 aliphatic rings. The second kappa shape index (κ2) is 6.07. The molecule has 2 heterocycles. The Hall–Kier alpha value is -1.01. The molecule has 0 bridgehead atoms. The summed E-state index contributed by atoms with van der Waals surface area (Å²) in [5.74, 6) is 0. The first-order valence-electron chi connectivity index (χ1n) is 5.86. The van der Waals surface area contributed by atoms with E-state index in [0.29, 0.717) is 0 Å². The number of aromatic nitrogens is 3. The molecule has 4 nitrogen and oxygen atoms in total. The number of thiazole rings is 1. The highest BCUT2D eigenvalue weighted by Crippen LogP contribution is 2.30. The molecule has 0 aliphatic heterocycles. The summed E-state index contributed by atoms with van der Waals surface area (Å²) in [6.07, 6.45) is 5.22. The third kappa shape index (κ3) is 3.23. The average Bonchev–Trinajstić information content (AvgIpc) is 2.97. The van der Waals surface area contributed by atoms with Crippen LogP contribution in [0.25, 0.3) is 9.88 Å². The van der Waals surface area contributed by atoms with Crippen molar-refractivity contribution in [1.82, 2.24) is 15.2 Å². The van der Waals surface area contributed by atoms with Crippen molar-refractivity contribution in [1.29, 1.82) is 0 Å². The number of rotatable bonds is 6. The van der Waals surface area contributed by atoms with Crippen LogP contribution in [0.3, 0.4) is 0 Å². The standard InChI is InChI=1S/C11H16N4S2/c1-3-5-6-12-11-15-14-10(17-11)8-7-13-9(4-2)16-8/h7H,3-6H2,1-2H3,(H,12,15). The highest BCUT2D eigenvalue weighted by molar-refractivity contribution is 7.23. The van der Waals surface area contributed by atoms with Gasteiger partial charge in [0.15, 0.2) is 5.01 Å². The predicted molar refractivity (Wildman–Crippen MR) is 73.8 cm³/mol. The molecule has 0 fully saturated rings. The second-order valence-electron chi connectivity index (χ2n) is 3.66. The maximum Gasteiger partial charge on any atom is 0.206 e. The Labute approximate surface area is 109 Å². The first-order valence-corrected chi connectivity index (χ1v) is 7.49. The van der Waals surface area contributed by atoms with Crippen LogP contribution < -0.4 is 5.32 Å². The molecule has 0 radical (unpaired) electrons. The lowest BCUT2D eigenvalue weighted by molar-refractivity contribution is 0.831. The summed E-state index contributed by atoms with van der Waals surface area (Å²) in [5, 5.41) is 14.6. The van der Waals surface area contributed by atoms with E-state index >= 15 is 0 Å². The van der Waals surface area contributed by atoms with Crippen LogP contribution in [-0.2, 0) is 6.42 Å². The fraction of sp³-hybridized carbons (Fsp3) is 0.545. The van der Waals surface area contributed by atoms with E-state index in [2.05, 4.69) is 34.3 Å². The molecule has 0 aliphatic carbocycles. The van der Waals surface area contributed by atoms with Crippen molar-refractivity contribution in [2.24, 2.45) is 0 Å². The van der Waals surface area contributed by atoms with Crippen LogP contribution in [0.1, 0.15) is 31.7 Å². The number of anilines is 1. The number of hydrogen-bond donors (Lipinski definition) is 1. The van der Waals surface area contributed by atoms with Gasteiger partial charge < -0.3 is 5.32 Å².